The average molecular weight is 411 g/mol. The molecule has 1 aliphatic carbocycles. The van der Waals surface area contributed by atoms with Crippen LogP contribution in [-0.2, 0) is 9.47 Å². The van der Waals surface area contributed by atoms with Gasteiger partial charge in [0.25, 0.3) is 0 Å². The number of hydrogen-bond donors (Lipinski definition) is 2. The first-order valence-corrected chi connectivity index (χ1v) is 10.8. The summed E-state index contributed by atoms with van der Waals surface area (Å²) >= 11 is 0. The number of fused-ring (bicyclic) bond motifs is 2. The fraction of sp³-hybridized carbons (Fsp3) is 0.565. The van der Waals surface area contributed by atoms with E-state index in [-0.39, 0.29) is 29.8 Å². The molecule has 1 fully saturated rings. The molecule has 0 spiro atoms. The lowest BCUT2D eigenvalue weighted by molar-refractivity contribution is -0.0930. The summed E-state index contributed by atoms with van der Waals surface area (Å²) in [5, 5.41) is 6.88. The second kappa shape index (κ2) is 7.71. The first-order chi connectivity index (χ1) is 14.5. The highest BCUT2D eigenvalue weighted by Crippen LogP contribution is 2.40. The Balaban J connectivity index is 1.44. The maximum atomic E-state index is 6.28. The minimum atomic E-state index is -0.368. The van der Waals surface area contributed by atoms with E-state index < -0.39 is 0 Å². The van der Waals surface area contributed by atoms with E-state index in [9.17, 15) is 0 Å². The minimum absolute atomic E-state index is 0.0301. The predicted octanol–water partition coefficient (Wildman–Crippen LogP) is 2.80. The van der Waals surface area contributed by atoms with Gasteiger partial charge in [0.15, 0.2) is 0 Å². The molecule has 0 aromatic heterocycles. The Morgan fingerprint density at radius 1 is 1.27 bits per heavy atom. The third-order valence-electron chi connectivity index (χ3n) is 6.26. The summed E-state index contributed by atoms with van der Waals surface area (Å²) in [7, 11) is 1.70. The molecule has 30 heavy (non-hydrogen) atoms. The van der Waals surface area contributed by atoms with Crippen LogP contribution in [0.2, 0.25) is 0 Å². The minimum Gasteiger partial charge on any atom is -0.490 e. The summed E-state index contributed by atoms with van der Waals surface area (Å²) in [4.78, 5) is 9.77. The number of nitrogens with one attached hydrogen (secondary N) is 2. The average Bonchev–Trinajstić information content (AvgIpc) is 3.52. The molecular weight excluding hydrogens is 380 g/mol. The maximum absolute atomic E-state index is 6.28. The molecule has 4 atom stereocenters. The van der Waals surface area contributed by atoms with Crippen molar-refractivity contribution in [2.45, 2.75) is 50.6 Å². The zero-order chi connectivity index (χ0) is 20.7. The fourth-order valence-electron chi connectivity index (χ4n) is 4.13. The van der Waals surface area contributed by atoms with Crippen LogP contribution >= 0.6 is 0 Å². The molecular formula is C23H30N4O3. The fourth-order valence-corrected chi connectivity index (χ4v) is 4.13. The second-order valence-electron chi connectivity index (χ2n) is 9.06. The van der Waals surface area contributed by atoms with Crippen LogP contribution in [-0.4, -0.2) is 50.4 Å². The summed E-state index contributed by atoms with van der Waals surface area (Å²) in [6.45, 7) is 4.96. The third kappa shape index (κ3) is 3.84. The lowest BCUT2D eigenvalue weighted by Crippen LogP contribution is -2.44. The SMILES string of the molecule is COC(C)(C)CO[C@H]1COc2ccccc2[C@@H]1N=C1NC=NC2NC(C3CC3)=CC12. The number of rotatable bonds is 6. The molecule has 2 unspecified atom stereocenters. The van der Waals surface area contributed by atoms with Crippen molar-refractivity contribution in [3.63, 3.8) is 0 Å². The highest BCUT2D eigenvalue weighted by atomic mass is 16.6. The molecule has 160 valence electrons. The Labute approximate surface area is 177 Å². The lowest BCUT2D eigenvalue weighted by atomic mass is 9.97. The van der Waals surface area contributed by atoms with E-state index in [4.69, 9.17) is 19.2 Å². The second-order valence-corrected chi connectivity index (χ2v) is 9.06. The normalized spacial score (nSPS) is 31.3. The van der Waals surface area contributed by atoms with Crippen LogP contribution in [0.4, 0.5) is 0 Å². The molecule has 5 rings (SSSR count). The number of para-hydroxylation sites is 1. The van der Waals surface area contributed by atoms with Gasteiger partial charge in [-0.05, 0) is 38.7 Å². The highest BCUT2D eigenvalue weighted by molar-refractivity contribution is 5.97. The summed E-state index contributed by atoms with van der Waals surface area (Å²) in [6.07, 6.45) is 6.43. The van der Waals surface area contributed by atoms with E-state index in [0.29, 0.717) is 19.1 Å². The molecule has 0 saturated heterocycles. The van der Waals surface area contributed by atoms with Crippen molar-refractivity contribution in [3.8, 4) is 5.75 Å². The number of methoxy groups -OCH3 is 1. The van der Waals surface area contributed by atoms with Crippen molar-refractivity contribution in [2.24, 2.45) is 21.8 Å². The molecule has 1 aromatic rings. The van der Waals surface area contributed by atoms with Gasteiger partial charge in [-0.15, -0.1) is 0 Å². The van der Waals surface area contributed by atoms with Gasteiger partial charge in [0.05, 0.1) is 24.5 Å². The lowest BCUT2D eigenvalue weighted by Gasteiger charge is -2.34. The molecule has 0 bridgehead atoms. The van der Waals surface area contributed by atoms with Crippen LogP contribution in [0.5, 0.6) is 5.75 Å². The first kappa shape index (κ1) is 19.6. The number of aliphatic imine (C=N–C) groups is 2. The Morgan fingerprint density at radius 2 is 2.10 bits per heavy atom. The topological polar surface area (TPSA) is 76.5 Å². The van der Waals surface area contributed by atoms with Crippen LogP contribution in [0.3, 0.4) is 0 Å². The first-order valence-electron chi connectivity index (χ1n) is 10.8. The number of amidine groups is 1. The quantitative estimate of drug-likeness (QED) is 0.754. The van der Waals surface area contributed by atoms with E-state index in [1.807, 2.05) is 32.0 Å². The van der Waals surface area contributed by atoms with Gasteiger partial charge in [-0.1, -0.05) is 24.3 Å². The summed E-state index contributed by atoms with van der Waals surface area (Å²) in [5.74, 6) is 2.59. The number of benzene rings is 1. The molecule has 7 heteroatoms. The van der Waals surface area contributed by atoms with Gasteiger partial charge in [-0.3, -0.25) is 4.99 Å². The van der Waals surface area contributed by atoms with Crippen LogP contribution in [0, 0.1) is 11.8 Å². The largest absolute Gasteiger partial charge is 0.490 e. The van der Waals surface area contributed by atoms with Crippen molar-refractivity contribution >= 4 is 12.2 Å². The number of hydrogen-bond acceptors (Lipinski definition) is 6. The molecule has 1 saturated carbocycles. The van der Waals surface area contributed by atoms with Crippen LogP contribution < -0.4 is 15.4 Å². The predicted molar refractivity (Wildman–Crippen MR) is 116 cm³/mol. The molecule has 2 N–H and O–H groups in total. The molecule has 3 heterocycles. The molecule has 0 amide bonds. The van der Waals surface area contributed by atoms with Crippen molar-refractivity contribution in [1.82, 2.24) is 10.6 Å². The van der Waals surface area contributed by atoms with E-state index in [1.165, 1.54) is 18.5 Å². The molecule has 4 aliphatic rings. The van der Waals surface area contributed by atoms with Gasteiger partial charge in [-0.2, -0.15) is 0 Å². The van der Waals surface area contributed by atoms with Crippen molar-refractivity contribution in [3.05, 3.63) is 41.6 Å². The molecule has 0 radical (unpaired) electrons. The summed E-state index contributed by atoms with van der Waals surface area (Å²) in [6, 6.07) is 7.94. The summed E-state index contributed by atoms with van der Waals surface area (Å²) < 4.78 is 17.8. The van der Waals surface area contributed by atoms with Crippen LogP contribution in [0.15, 0.2) is 46.0 Å². The van der Waals surface area contributed by atoms with Crippen molar-refractivity contribution < 1.29 is 14.2 Å². The van der Waals surface area contributed by atoms with Crippen molar-refractivity contribution in [2.75, 3.05) is 20.3 Å². The monoisotopic (exact) mass is 410 g/mol. The Kier molecular flexibility index (Phi) is 5.03. The standard InChI is InChI=1S/C23H30N4O3/c1-23(2,28-3)12-30-19-11-29-18-7-5-4-6-15(18)20(19)27-22-16-10-17(14-8-9-14)26-21(16)24-13-25-22/h4-7,10,13-14,16,19-21,26H,8-9,11-12H2,1-3H3,(H,24,25,27)/t16?,19-,20-,21?/m0/s1. The van der Waals surface area contributed by atoms with Gasteiger partial charge in [0.1, 0.15) is 36.5 Å². The van der Waals surface area contributed by atoms with E-state index in [1.54, 1.807) is 13.4 Å². The molecule has 1 aromatic carbocycles. The smallest absolute Gasteiger partial charge is 0.133 e. The third-order valence-corrected chi connectivity index (χ3v) is 6.26. The molecule has 7 nitrogen and oxygen atoms in total. The van der Waals surface area contributed by atoms with E-state index in [0.717, 1.165) is 17.1 Å². The van der Waals surface area contributed by atoms with Crippen LogP contribution in [0.1, 0.15) is 38.3 Å². The van der Waals surface area contributed by atoms with Gasteiger partial charge >= 0.3 is 0 Å². The van der Waals surface area contributed by atoms with Gasteiger partial charge in [0.2, 0.25) is 0 Å². The van der Waals surface area contributed by atoms with Gasteiger partial charge in [0, 0.05) is 18.4 Å². The van der Waals surface area contributed by atoms with E-state index >= 15 is 0 Å². The number of nitrogens with zero attached hydrogens (tertiary/aromatic N) is 2. The summed E-state index contributed by atoms with van der Waals surface area (Å²) in [5.41, 5.74) is 2.00. The zero-order valence-corrected chi connectivity index (χ0v) is 17.8. The van der Waals surface area contributed by atoms with Gasteiger partial charge < -0.3 is 24.8 Å². The van der Waals surface area contributed by atoms with E-state index in [2.05, 4.69) is 27.8 Å². The van der Waals surface area contributed by atoms with Crippen LogP contribution in [0.25, 0.3) is 0 Å². The maximum Gasteiger partial charge on any atom is 0.133 e. The number of ether oxygens (including phenoxy) is 3. The Bertz CT molecular complexity index is 890. The highest BCUT2D eigenvalue weighted by Gasteiger charge is 2.40. The zero-order valence-electron chi connectivity index (χ0n) is 17.8. The van der Waals surface area contributed by atoms with Gasteiger partial charge in [-0.25, -0.2) is 4.99 Å². The Morgan fingerprint density at radius 3 is 2.90 bits per heavy atom. The number of allylic oxidation sites excluding steroid dienone is 1. The molecule has 3 aliphatic heterocycles. The van der Waals surface area contributed by atoms with Crippen molar-refractivity contribution in [1.29, 1.82) is 0 Å². The Hall–Kier alpha value is -2.38.